The van der Waals surface area contributed by atoms with E-state index in [1.807, 2.05) is 30.3 Å². The van der Waals surface area contributed by atoms with Crippen LogP contribution >= 0.6 is 0 Å². The molecule has 2 aromatic carbocycles. The van der Waals surface area contributed by atoms with Gasteiger partial charge in [-0.05, 0) is 23.8 Å². The number of hydrogen-bond acceptors (Lipinski definition) is 2. The molecule has 0 aliphatic heterocycles. The average molecular weight is 339 g/mol. The van der Waals surface area contributed by atoms with Crippen LogP contribution in [0.2, 0.25) is 0 Å². The molecule has 25 heavy (non-hydrogen) atoms. The van der Waals surface area contributed by atoms with Gasteiger partial charge in [-0.2, -0.15) is 13.2 Å². The van der Waals surface area contributed by atoms with Crippen LogP contribution in [-0.2, 0) is 6.18 Å². The first-order valence-electron chi connectivity index (χ1n) is 7.59. The molecule has 0 bridgehead atoms. The molecule has 0 aliphatic carbocycles. The van der Waals surface area contributed by atoms with Crippen LogP contribution in [-0.4, -0.2) is 15.0 Å². The number of pyridine rings is 1. The van der Waals surface area contributed by atoms with Crippen molar-refractivity contribution in [1.82, 2.24) is 15.0 Å². The fourth-order valence-electron chi connectivity index (χ4n) is 2.67. The molecule has 4 rings (SSSR count). The van der Waals surface area contributed by atoms with E-state index in [1.165, 1.54) is 12.3 Å². The van der Waals surface area contributed by atoms with E-state index in [-0.39, 0.29) is 0 Å². The van der Waals surface area contributed by atoms with E-state index in [2.05, 4.69) is 15.0 Å². The zero-order valence-electron chi connectivity index (χ0n) is 12.9. The number of hydrogen-bond donors (Lipinski definition) is 1. The summed E-state index contributed by atoms with van der Waals surface area (Å²) >= 11 is 0. The van der Waals surface area contributed by atoms with Crippen LogP contribution in [0.15, 0.2) is 66.9 Å². The van der Waals surface area contributed by atoms with Crippen LogP contribution in [0.1, 0.15) is 5.56 Å². The molecule has 0 aliphatic rings. The SMILES string of the molecule is FC(F)(F)c1cccc(-c2cnc3nc(-c4ccccc4)[nH]c3c2)c1. The third-order valence-corrected chi connectivity index (χ3v) is 3.91. The Balaban J connectivity index is 1.77. The summed E-state index contributed by atoms with van der Waals surface area (Å²) < 4.78 is 38.7. The third kappa shape index (κ3) is 2.98. The van der Waals surface area contributed by atoms with Gasteiger partial charge in [0.2, 0.25) is 0 Å². The number of rotatable bonds is 2. The van der Waals surface area contributed by atoms with E-state index in [9.17, 15) is 13.2 Å². The first-order chi connectivity index (χ1) is 12.0. The van der Waals surface area contributed by atoms with Gasteiger partial charge in [0.05, 0.1) is 11.1 Å². The van der Waals surface area contributed by atoms with Crippen LogP contribution in [0.5, 0.6) is 0 Å². The largest absolute Gasteiger partial charge is 0.416 e. The number of fused-ring (bicyclic) bond motifs is 1. The van der Waals surface area contributed by atoms with Gasteiger partial charge in [-0.1, -0.05) is 42.5 Å². The molecule has 6 heteroatoms. The van der Waals surface area contributed by atoms with Crippen molar-refractivity contribution >= 4 is 11.2 Å². The van der Waals surface area contributed by atoms with Gasteiger partial charge >= 0.3 is 6.18 Å². The van der Waals surface area contributed by atoms with E-state index in [1.54, 1.807) is 12.1 Å². The summed E-state index contributed by atoms with van der Waals surface area (Å²) in [6, 6.07) is 16.5. The summed E-state index contributed by atoms with van der Waals surface area (Å²) in [7, 11) is 0. The van der Waals surface area contributed by atoms with Crippen LogP contribution < -0.4 is 0 Å². The van der Waals surface area contributed by atoms with Crippen molar-refractivity contribution in [2.24, 2.45) is 0 Å². The second-order valence-electron chi connectivity index (χ2n) is 5.63. The highest BCUT2D eigenvalue weighted by atomic mass is 19.4. The third-order valence-electron chi connectivity index (χ3n) is 3.91. The zero-order chi connectivity index (χ0) is 17.4. The topological polar surface area (TPSA) is 41.6 Å². The Morgan fingerprint density at radius 3 is 2.32 bits per heavy atom. The van der Waals surface area contributed by atoms with Gasteiger partial charge in [0, 0.05) is 17.3 Å². The van der Waals surface area contributed by atoms with Gasteiger partial charge in [0.15, 0.2) is 5.65 Å². The Bertz CT molecular complexity index is 1040. The highest BCUT2D eigenvalue weighted by molar-refractivity contribution is 5.81. The standard InChI is InChI=1S/C19H12F3N3/c20-19(21,22)15-8-4-7-13(9-15)14-10-16-18(23-11-14)25-17(24-16)12-5-2-1-3-6-12/h1-11H,(H,23,24,25). The molecule has 0 spiro atoms. The van der Waals surface area contributed by atoms with Crippen molar-refractivity contribution in [2.75, 3.05) is 0 Å². The highest BCUT2D eigenvalue weighted by Crippen LogP contribution is 2.32. The molecule has 0 atom stereocenters. The molecule has 0 fully saturated rings. The number of benzene rings is 2. The van der Waals surface area contributed by atoms with Gasteiger partial charge in [-0.3, -0.25) is 0 Å². The molecule has 124 valence electrons. The van der Waals surface area contributed by atoms with Gasteiger partial charge in [0.25, 0.3) is 0 Å². The molecule has 1 N–H and O–H groups in total. The predicted molar refractivity (Wildman–Crippen MR) is 89.8 cm³/mol. The molecular formula is C19H12F3N3. The van der Waals surface area contributed by atoms with Crippen LogP contribution in [0.4, 0.5) is 13.2 Å². The van der Waals surface area contributed by atoms with E-state index >= 15 is 0 Å². The summed E-state index contributed by atoms with van der Waals surface area (Å²) in [5, 5.41) is 0. The first kappa shape index (κ1) is 15.4. The summed E-state index contributed by atoms with van der Waals surface area (Å²) in [5.41, 5.74) is 2.49. The molecule has 0 unspecified atom stereocenters. The lowest BCUT2D eigenvalue weighted by molar-refractivity contribution is -0.137. The Morgan fingerprint density at radius 1 is 0.800 bits per heavy atom. The minimum atomic E-state index is -4.37. The smallest absolute Gasteiger partial charge is 0.337 e. The molecule has 2 aromatic heterocycles. The maximum atomic E-state index is 12.9. The lowest BCUT2D eigenvalue weighted by Crippen LogP contribution is -2.04. The zero-order valence-corrected chi connectivity index (χ0v) is 12.9. The van der Waals surface area contributed by atoms with Crippen molar-refractivity contribution in [2.45, 2.75) is 6.18 Å². The predicted octanol–water partition coefficient (Wildman–Crippen LogP) is 5.31. The van der Waals surface area contributed by atoms with Crippen LogP contribution in [0.25, 0.3) is 33.7 Å². The second kappa shape index (κ2) is 5.73. The van der Waals surface area contributed by atoms with Crippen molar-refractivity contribution in [3.05, 3.63) is 72.4 Å². The molecule has 3 nitrogen and oxygen atoms in total. The summed E-state index contributed by atoms with van der Waals surface area (Å²) in [6.45, 7) is 0. The summed E-state index contributed by atoms with van der Waals surface area (Å²) in [5.74, 6) is 0.671. The van der Waals surface area contributed by atoms with Crippen LogP contribution in [0, 0.1) is 0 Å². The normalized spacial score (nSPS) is 11.8. The summed E-state index contributed by atoms with van der Waals surface area (Å²) in [4.78, 5) is 11.9. The van der Waals surface area contributed by atoms with E-state index < -0.39 is 11.7 Å². The van der Waals surface area contributed by atoms with E-state index in [0.717, 1.165) is 17.7 Å². The van der Waals surface area contributed by atoms with Gasteiger partial charge in [-0.25, -0.2) is 9.97 Å². The Kier molecular flexibility index (Phi) is 3.53. The number of aromatic nitrogens is 3. The molecule has 4 aromatic rings. The second-order valence-corrected chi connectivity index (χ2v) is 5.63. The fraction of sp³-hybridized carbons (Fsp3) is 0.0526. The molecule has 0 saturated carbocycles. The minimum absolute atomic E-state index is 0.458. The molecule has 0 amide bonds. The van der Waals surface area contributed by atoms with Crippen molar-refractivity contribution < 1.29 is 13.2 Å². The van der Waals surface area contributed by atoms with Crippen molar-refractivity contribution in [3.63, 3.8) is 0 Å². The fourth-order valence-corrected chi connectivity index (χ4v) is 2.67. The maximum Gasteiger partial charge on any atom is 0.416 e. The average Bonchev–Trinajstić information content (AvgIpc) is 3.05. The van der Waals surface area contributed by atoms with Crippen LogP contribution in [0.3, 0.4) is 0 Å². The van der Waals surface area contributed by atoms with E-state index in [4.69, 9.17) is 0 Å². The van der Waals surface area contributed by atoms with Crippen molar-refractivity contribution in [3.8, 4) is 22.5 Å². The first-order valence-corrected chi connectivity index (χ1v) is 7.59. The number of H-pyrrole nitrogens is 1. The number of nitrogens with one attached hydrogen (secondary N) is 1. The van der Waals surface area contributed by atoms with Gasteiger partial charge < -0.3 is 4.98 Å². The molecule has 0 radical (unpaired) electrons. The van der Waals surface area contributed by atoms with E-state index in [0.29, 0.717) is 28.1 Å². The molecule has 2 heterocycles. The Hall–Kier alpha value is -3.15. The van der Waals surface area contributed by atoms with Crippen molar-refractivity contribution in [1.29, 1.82) is 0 Å². The minimum Gasteiger partial charge on any atom is -0.337 e. The maximum absolute atomic E-state index is 12.9. The monoisotopic (exact) mass is 339 g/mol. The number of nitrogens with zero attached hydrogens (tertiary/aromatic N) is 2. The lowest BCUT2D eigenvalue weighted by Gasteiger charge is -2.08. The lowest BCUT2D eigenvalue weighted by atomic mass is 10.0. The number of alkyl halides is 3. The number of imidazole rings is 1. The Morgan fingerprint density at radius 2 is 1.56 bits per heavy atom. The quantitative estimate of drug-likeness (QED) is 0.538. The highest BCUT2D eigenvalue weighted by Gasteiger charge is 2.30. The molecular weight excluding hydrogens is 327 g/mol. The number of halogens is 3. The Labute approximate surface area is 141 Å². The molecule has 0 saturated heterocycles. The van der Waals surface area contributed by atoms with Gasteiger partial charge in [0.1, 0.15) is 5.82 Å². The van der Waals surface area contributed by atoms with Gasteiger partial charge in [-0.15, -0.1) is 0 Å². The summed E-state index contributed by atoms with van der Waals surface area (Å²) in [6.07, 6.45) is -2.84. The number of aromatic amines is 1.